The molecule has 0 saturated heterocycles. The molecular formula is C19H16ClN3O3S. The van der Waals surface area contributed by atoms with Gasteiger partial charge in [0.2, 0.25) is 0 Å². The van der Waals surface area contributed by atoms with Gasteiger partial charge in [-0.1, -0.05) is 30.7 Å². The van der Waals surface area contributed by atoms with Gasteiger partial charge in [-0.3, -0.25) is 14.9 Å². The van der Waals surface area contributed by atoms with E-state index in [1.54, 1.807) is 29.5 Å². The van der Waals surface area contributed by atoms with Crippen molar-refractivity contribution in [2.45, 2.75) is 26.2 Å². The fourth-order valence-corrected chi connectivity index (χ4v) is 5.00. The summed E-state index contributed by atoms with van der Waals surface area (Å²) in [5, 5.41) is 11.8. The van der Waals surface area contributed by atoms with Crippen LogP contribution in [-0.4, -0.2) is 14.9 Å². The average Bonchev–Trinajstić information content (AvgIpc) is 2.99. The monoisotopic (exact) mass is 401 g/mol. The van der Waals surface area contributed by atoms with Crippen molar-refractivity contribution >= 4 is 50.0 Å². The predicted molar refractivity (Wildman–Crippen MR) is 108 cm³/mol. The summed E-state index contributed by atoms with van der Waals surface area (Å²) >= 11 is 7.91. The Kier molecular flexibility index (Phi) is 4.57. The summed E-state index contributed by atoms with van der Waals surface area (Å²) < 4.78 is 0. The third-order valence-electron chi connectivity index (χ3n) is 4.77. The highest BCUT2D eigenvalue weighted by Gasteiger charge is 2.23. The van der Waals surface area contributed by atoms with Crippen molar-refractivity contribution < 1.29 is 4.92 Å². The molecule has 4 rings (SSSR count). The molecule has 0 aliphatic heterocycles. The van der Waals surface area contributed by atoms with Crippen LogP contribution in [0.2, 0.25) is 0 Å². The van der Waals surface area contributed by atoms with Gasteiger partial charge in [-0.05, 0) is 42.4 Å². The Labute approximate surface area is 163 Å². The number of aromatic amines is 1. The standard InChI is InChI=1S/C19H16ClN3O3S/c1-10-5-6-13-15(7-10)27-19-16(13)18(24)21-17(22-19)14(20)9-11-3-2-4-12(8-11)23(25)26/h2-4,8-10H,5-7H2,1H3,(H,21,22,24)/b14-9-/t10-/m1/s1. The largest absolute Gasteiger partial charge is 0.305 e. The first-order chi connectivity index (χ1) is 12.9. The smallest absolute Gasteiger partial charge is 0.270 e. The van der Waals surface area contributed by atoms with Crippen LogP contribution in [0.15, 0.2) is 29.1 Å². The van der Waals surface area contributed by atoms with Crippen molar-refractivity contribution in [3.8, 4) is 0 Å². The van der Waals surface area contributed by atoms with Gasteiger partial charge in [0.1, 0.15) is 4.83 Å². The SMILES string of the molecule is C[C@@H]1CCc2c(sc3nc(/C(Cl)=C/c4cccc([N+](=O)[O-])c4)[nH]c(=O)c23)C1. The van der Waals surface area contributed by atoms with Gasteiger partial charge in [0.15, 0.2) is 5.82 Å². The maximum atomic E-state index is 12.7. The highest BCUT2D eigenvalue weighted by molar-refractivity contribution is 7.18. The predicted octanol–water partition coefficient (Wildman–Crippen LogP) is 4.75. The zero-order chi connectivity index (χ0) is 19.1. The Bertz CT molecular complexity index is 1150. The van der Waals surface area contributed by atoms with Crippen molar-refractivity contribution in [1.29, 1.82) is 0 Å². The molecule has 2 heterocycles. The number of aromatic nitrogens is 2. The molecule has 1 atom stereocenters. The third-order valence-corrected chi connectivity index (χ3v) is 6.20. The number of nitro groups is 1. The molecule has 0 fully saturated rings. The van der Waals surface area contributed by atoms with Crippen LogP contribution in [0.3, 0.4) is 0 Å². The molecule has 138 valence electrons. The van der Waals surface area contributed by atoms with E-state index in [0.29, 0.717) is 21.7 Å². The van der Waals surface area contributed by atoms with E-state index in [1.165, 1.54) is 17.0 Å². The fourth-order valence-electron chi connectivity index (χ4n) is 3.40. The van der Waals surface area contributed by atoms with Crippen molar-refractivity contribution in [2.24, 2.45) is 5.92 Å². The quantitative estimate of drug-likeness (QED) is 0.506. The number of thiophene rings is 1. The lowest BCUT2D eigenvalue weighted by Crippen LogP contribution is -2.14. The molecular weight excluding hydrogens is 386 g/mol. The van der Waals surface area contributed by atoms with Gasteiger partial charge in [0.25, 0.3) is 11.2 Å². The molecule has 8 heteroatoms. The Hall–Kier alpha value is -2.51. The lowest BCUT2D eigenvalue weighted by molar-refractivity contribution is -0.384. The number of nitrogens with one attached hydrogen (secondary N) is 1. The van der Waals surface area contributed by atoms with E-state index in [0.717, 1.165) is 24.8 Å². The van der Waals surface area contributed by atoms with Crippen molar-refractivity contribution in [3.05, 3.63) is 66.6 Å². The van der Waals surface area contributed by atoms with Gasteiger partial charge in [0.05, 0.1) is 15.3 Å². The zero-order valence-electron chi connectivity index (χ0n) is 14.5. The average molecular weight is 402 g/mol. The van der Waals surface area contributed by atoms with E-state index in [4.69, 9.17) is 11.6 Å². The second-order valence-corrected chi connectivity index (χ2v) is 8.28. The van der Waals surface area contributed by atoms with E-state index >= 15 is 0 Å². The Morgan fingerprint density at radius 2 is 2.30 bits per heavy atom. The number of benzene rings is 1. The van der Waals surface area contributed by atoms with Crippen LogP contribution in [0.4, 0.5) is 5.69 Å². The van der Waals surface area contributed by atoms with Crippen LogP contribution in [0.5, 0.6) is 0 Å². The summed E-state index contributed by atoms with van der Waals surface area (Å²) in [6, 6.07) is 6.12. The molecule has 1 N–H and O–H groups in total. The van der Waals surface area contributed by atoms with Crippen molar-refractivity contribution in [3.63, 3.8) is 0 Å². The van der Waals surface area contributed by atoms with Crippen molar-refractivity contribution in [1.82, 2.24) is 9.97 Å². The molecule has 3 aromatic rings. The maximum Gasteiger partial charge on any atom is 0.270 e. The van der Waals surface area contributed by atoms with Crippen LogP contribution in [0.25, 0.3) is 21.3 Å². The molecule has 0 spiro atoms. The Balaban J connectivity index is 1.77. The molecule has 0 unspecified atom stereocenters. The fraction of sp³-hybridized carbons (Fsp3) is 0.263. The molecule has 0 saturated carbocycles. The molecule has 0 radical (unpaired) electrons. The summed E-state index contributed by atoms with van der Waals surface area (Å²) in [6.45, 7) is 2.22. The number of nitrogens with zero attached hydrogens (tertiary/aromatic N) is 2. The van der Waals surface area contributed by atoms with Crippen LogP contribution in [0.1, 0.15) is 35.2 Å². The number of non-ortho nitro benzene ring substituents is 1. The second-order valence-electron chi connectivity index (χ2n) is 6.79. The first kappa shape index (κ1) is 17.9. The van der Waals surface area contributed by atoms with Crippen molar-refractivity contribution in [2.75, 3.05) is 0 Å². The van der Waals surface area contributed by atoms with E-state index < -0.39 is 4.92 Å². The summed E-state index contributed by atoms with van der Waals surface area (Å²) in [7, 11) is 0. The van der Waals surface area contributed by atoms with E-state index in [2.05, 4.69) is 16.9 Å². The van der Waals surface area contributed by atoms with Gasteiger partial charge in [-0.25, -0.2) is 4.98 Å². The van der Waals surface area contributed by atoms with E-state index in [-0.39, 0.29) is 22.1 Å². The van der Waals surface area contributed by atoms with Crippen LogP contribution in [-0.2, 0) is 12.8 Å². The van der Waals surface area contributed by atoms with Gasteiger partial charge in [0, 0.05) is 17.0 Å². The van der Waals surface area contributed by atoms with Gasteiger partial charge >= 0.3 is 0 Å². The lowest BCUT2D eigenvalue weighted by Gasteiger charge is -2.17. The number of nitro benzene ring substituents is 1. The number of fused-ring (bicyclic) bond motifs is 3. The van der Waals surface area contributed by atoms with Crippen LogP contribution < -0.4 is 5.56 Å². The van der Waals surface area contributed by atoms with Crippen LogP contribution >= 0.6 is 22.9 Å². The minimum atomic E-state index is -0.464. The summed E-state index contributed by atoms with van der Waals surface area (Å²) in [4.78, 5) is 32.3. The first-order valence-electron chi connectivity index (χ1n) is 8.59. The van der Waals surface area contributed by atoms with Gasteiger partial charge in [-0.2, -0.15) is 0 Å². The number of rotatable bonds is 3. The van der Waals surface area contributed by atoms with Crippen LogP contribution in [0, 0.1) is 16.0 Å². The maximum absolute atomic E-state index is 12.7. The topological polar surface area (TPSA) is 88.9 Å². The van der Waals surface area contributed by atoms with Gasteiger partial charge < -0.3 is 4.98 Å². The zero-order valence-corrected chi connectivity index (χ0v) is 16.1. The number of H-pyrrole nitrogens is 1. The first-order valence-corrected chi connectivity index (χ1v) is 9.78. The third kappa shape index (κ3) is 3.40. The van der Waals surface area contributed by atoms with E-state index in [1.807, 2.05) is 0 Å². The molecule has 1 aromatic carbocycles. The number of aryl methyl sites for hydroxylation is 1. The molecule has 27 heavy (non-hydrogen) atoms. The summed E-state index contributed by atoms with van der Waals surface area (Å²) in [5.41, 5.74) is 1.47. The number of hydrogen-bond acceptors (Lipinski definition) is 5. The molecule has 2 aromatic heterocycles. The normalized spacial score (nSPS) is 17.1. The van der Waals surface area contributed by atoms with Gasteiger partial charge in [-0.15, -0.1) is 11.3 Å². The Morgan fingerprint density at radius 1 is 1.48 bits per heavy atom. The molecule has 0 bridgehead atoms. The minimum absolute atomic E-state index is 0.0230. The molecule has 0 amide bonds. The second kappa shape index (κ2) is 6.90. The molecule has 1 aliphatic rings. The number of hydrogen-bond donors (Lipinski definition) is 1. The Morgan fingerprint density at radius 3 is 3.07 bits per heavy atom. The highest BCUT2D eigenvalue weighted by Crippen LogP contribution is 2.36. The summed E-state index contributed by atoms with van der Waals surface area (Å²) in [6.07, 6.45) is 4.52. The lowest BCUT2D eigenvalue weighted by atomic mass is 9.89. The minimum Gasteiger partial charge on any atom is -0.305 e. The highest BCUT2D eigenvalue weighted by atomic mass is 35.5. The summed E-state index contributed by atoms with van der Waals surface area (Å²) in [5.74, 6) is 0.883. The molecule has 1 aliphatic carbocycles. The number of halogens is 1. The molecule has 6 nitrogen and oxygen atoms in total. The van der Waals surface area contributed by atoms with E-state index in [9.17, 15) is 14.9 Å².